The van der Waals surface area contributed by atoms with E-state index in [2.05, 4.69) is 5.32 Å². The minimum Gasteiger partial charge on any atom is -0.340 e. The number of benzene rings is 2. The fraction of sp³-hybridized carbons (Fsp3) is 0.391. The fourth-order valence-electron chi connectivity index (χ4n) is 4.37. The van der Waals surface area contributed by atoms with Gasteiger partial charge in [0, 0.05) is 32.2 Å². The predicted octanol–water partition coefficient (Wildman–Crippen LogP) is 2.24. The van der Waals surface area contributed by atoms with E-state index in [1.807, 2.05) is 70.5 Å². The Kier molecular flexibility index (Phi) is 5.72. The summed E-state index contributed by atoms with van der Waals surface area (Å²) in [6.45, 7) is 3.34. The molecule has 2 aliphatic rings. The van der Waals surface area contributed by atoms with Gasteiger partial charge in [-0.2, -0.15) is 0 Å². The Labute approximate surface area is 166 Å². The molecule has 1 N–H and O–H groups in total. The summed E-state index contributed by atoms with van der Waals surface area (Å²) < 4.78 is 0. The number of nitrogens with one attached hydrogen (secondary N) is 1. The van der Waals surface area contributed by atoms with Crippen molar-refractivity contribution in [1.29, 1.82) is 0 Å². The number of carbonyl (C=O) groups excluding carboxylic acids is 2. The van der Waals surface area contributed by atoms with Crippen molar-refractivity contribution in [2.45, 2.75) is 24.8 Å². The summed E-state index contributed by atoms with van der Waals surface area (Å²) in [7, 11) is 0. The second-order valence-electron chi connectivity index (χ2n) is 7.60. The molecule has 2 aromatic carbocycles. The molecular formula is C23H27N3O2. The van der Waals surface area contributed by atoms with Crippen LogP contribution in [-0.4, -0.2) is 60.4 Å². The molecule has 28 heavy (non-hydrogen) atoms. The fourth-order valence-corrected chi connectivity index (χ4v) is 4.37. The first-order valence-corrected chi connectivity index (χ1v) is 10.1. The van der Waals surface area contributed by atoms with E-state index in [1.54, 1.807) is 0 Å². The SMILES string of the molecule is O=C(C(c1ccccc1)c1ccccc1)N1CCCC(N2CCNCC2=O)C1. The molecule has 146 valence electrons. The van der Waals surface area contributed by atoms with Crippen LogP contribution < -0.4 is 5.32 Å². The predicted molar refractivity (Wildman–Crippen MR) is 109 cm³/mol. The zero-order valence-corrected chi connectivity index (χ0v) is 16.1. The molecule has 0 bridgehead atoms. The van der Waals surface area contributed by atoms with Crippen molar-refractivity contribution in [2.24, 2.45) is 0 Å². The van der Waals surface area contributed by atoms with Crippen molar-refractivity contribution < 1.29 is 9.59 Å². The largest absolute Gasteiger partial charge is 0.340 e. The number of piperazine rings is 1. The average molecular weight is 377 g/mol. The number of hydrogen-bond donors (Lipinski definition) is 1. The first-order valence-electron chi connectivity index (χ1n) is 10.1. The Morgan fingerprint density at radius 2 is 1.61 bits per heavy atom. The number of carbonyl (C=O) groups is 2. The number of amides is 2. The summed E-state index contributed by atoms with van der Waals surface area (Å²) in [6, 6.07) is 20.1. The van der Waals surface area contributed by atoms with E-state index in [-0.39, 0.29) is 23.8 Å². The molecule has 4 rings (SSSR count). The summed E-state index contributed by atoms with van der Waals surface area (Å²) in [6.07, 6.45) is 1.90. The zero-order chi connectivity index (χ0) is 19.3. The number of hydrogen-bond acceptors (Lipinski definition) is 3. The molecule has 2 aliphatic heterocycles. The molecule has 5 heteroatoms. The van der Waals surface area contributed by atoms with Gasteiger partial charge in [0.05, 0.1) is 12.5 Å². The lowest BCUT2D eigenvalue weighted by Crippen LogP contribution is -2.57. The van der Waals surface area contributed by atoms with Crippen LogP contribution >= 0.6 is 0 Å². The van der Waals surface area contributed by atoms with E-state index in [9.17, 15) is 9.59 Å². The molecule has 2 aromatic rings. The van der Waals surface area contributed by atoms with Gasteiger partial charge in [-0.25, -0.2) is 0 Å². The quantitative estimate of drug-likeness (QED) is 0.889. The highest BCUT2D eigenvalue weighted by Gasteiger charge is 2.34. The smallest absolute Gasteiger partial charge is 0.236 e. The molecule has 0 spiro atoms. The minimum atomic E-state index is -0.306. The van der Waals surface area contributed by atoms with E-state index in [1.165, 1.54) is 0 Å². The lowest BCUT2D eigenvalue weighted by Gasteiger charge is -2.42. The Bertz CT molecular complexity index is 770. The van der Waals surface area contributed by atoms with E-state index in [0.717, 1.165) is 43.6 Å². The number of rotatable bonds is 4. The van der Waals surface area contributed by atoms with Crippen molar-refractivity contribution in [2.75, 3.05) is 32.7 Å². The van der Waals surface area contributed by atoms with Crippen molar-refractivity contribution >= 4 is 11.8 Å². The van der Waals surface area contributed by atoms with Gasteiger partial charge in [0.1, 0.15) is 0 Å². The Morgan fingerprint density at radius 3 is 2.21 bits per heavy atom. The monoisotopic (exact) mass is 377 g/mol. The summed E-state index contributed by atoms with van der Waals surface area (Å²) in [5.41, 5.74) is 2.03. The van der Waals surface area contributed by atoms with E-state index < -0.39 is 0 Å². The molecule has 2 fully saturated rings. The van der Waals surface area contributed by atoms with Gasteiger partial charge in [-0.3, -0.25) is 9.59 Å². The Balaban J connectivity index is 1.57. The maximum absolute atomic E-state index is 13.6. The first-order chi connectivity index (χ1) is 13.7. The zero-order valence-electron chi connectivity index (χ0n) is 16.1. The third kappa shape index (κ3) is 3.94. The third-order valence-corrected chi connectivity index (χ3v) is 5.79. The molecule has 0 aliphatic carbocycles. The summed E-state index contributed by atoms with van der Waals surface area (Å²) in [5.74, 6) is -0.0298. The Morgan fingerprint density at radius 1 is 0.964 bits per heavy atom. The molecule has 1 unspecified atom stereocenters. The molecule has 0 aromatic heterocycles. The molecule has 5 nitrogen and oxygen atoms in total. The van der Waals surface area contributed by atoms with Crippen LogP contribution in [0.2, 0.25) is 0 Å². The van der Waals surface area contributed by atoms with Crippen LogP contribution in [0.5, 0.6) is 0 Å². The van der Waals surface area contributed by atoms with Gasteiger partial charge in [-0.15, -0.1) is 0 Å². The maximum Gasteiger partial charge on any atom is 0.236 e. The summed E-state index contributed by atoms with van der Waals surface area (Å²) in [4.78, 5) is 29.9. The lowest BCUT2D eigenvalue weighted by molar-refractivity contribution is -0.140. The van der Waals surface area contributed by atoms with Gasteiger partial charge in [0.25, 0.3) is 0 Å². The normalized spacial score (nSPS) is 20.5. The highest BCUT2D eigenvalue weighted by molar-refractivity contribution is 5.87. The van der Waals surface area contributed by atoms with E-state index >= 15 is 0 Å². The Hall–Kier alpha value is -2.66. The molecule has 0 saturated carbocycles. The van der Waals surface area contributed by atoms with Crippen molar-refractivity contribution in [1.82, 2.24) is 15.1 Å². The van der Waals surface area contributed by atoms with Gasteiger partial charge >= 0.3 is 0 Å². The topological polar surface area (TPSA) is 52.7 Å². The van der Waals surface area contributed by atoms with Crippen LogP contribution in [0.15, 0.2) is 60.7 Å². The second-order valence-corrected chi connectivity index (χ2v) is 7.60. The highest BCUT2D eigenvalue weighted by atomic mass is 16.2. The number of likely N-dealkylation sites (tertiary alicyclic amines) is 1. The van der Waals surface area contributed by atoms with Gasteiger partial charge in [0.2, 0.25) is 11.8 Å². The standard InChI is InChI=1S/C23H27N3O2/c27-21-16-24-13-15-26(21)20-12-7-14-25(17-20)23(28)22(18-8-3-1-4-9-18)19-10-5-2-6-11-19/h1-6,8-11,20,22,24H,7,12-17H2. The van der Waals surface area contributed by atoms with Crippen LogP contribution in [-0.2, 0) is 9.59 Å². The maximum atomic E-state index is 13.6. The van der Waals surface area contributed by atoms with Crippen molar-refractivity contribution in [3.05, 3.63) is 71.8 Å². The van der Waals surface area contributed by atoms with Crippen LogP contribution in [0.1, 0.15) is 29.9 Å². The van der Waals surface area contributed by atoms with Crippen molar-refractivity contribution in [3.8, 4) is 0 Å². The van der Waals surface area contributed by atoms with E-state index in [4.69, 9.17) is 0 Å². The van der Waals surface area contributed by atoms with Crippen LogP contribution in [0, 0.1) is 0 Å². The minimum absolute atomic E-state index is 0.125. The van der Waals surface area contributed by atoms with Gasteiger partial charge < -0.3 is 15.1 Å². The van der Waals surface area contributed by atoms with E-state index in [0.29, 0.717) is 13.1 Å². The molecule has 1 atom stereocenters. The van der Waals surface area contributed by atoms with Gasteiger partial charge in [-0.1, -0.05) is 60.7 Å². The summed E-state index contributed by atoms with van der Waals surface area (Å²) in [5, 5.41) is 3.13. The van der Waals surface area contributed by atoms with Crippen molar-refractivity contribution in [3.63, 3.8) is 0 Å². The lowest BCUT2D eigenvalue weighted by atomic mass is 9.89. The molecule has 2 heterocycles. The average Bonchev–Trinajstić information content (AvgIpc) is 2.76. The van der Waals surface area contributed by atoms with Crippen LogP contribution in [0.25, 0.3) is 0 Å². The van der Waals surface area contributed by atoms with Crippen LogP contribution in [0.3, 0.4) is 0 Å². The third-order valence-electron chi connectivity index (χ3n) is 5.79. The molecule has 0 radical (unpaired) electrons. The second kappa shape index (κ2) is 8.57. The summed E-state index contributed by atoms with van der Waals surface area (Å²) >= 11 is 0. The highest BCUT2D eigenvalue weighted by Crippen LogP contribution is 2.29. The van der Waals surface area contributed by atoms with Gasteiger partial charge in [0.15, 0.2) is 0 Å². The molecular weight excluding hydrogens is 350 g/mol. The molecule has 2 amide bonds. The molecule has 2 saturated heterocycles. The first kappa shape index (κ1) is 18.7. The number of piperidine rings is 1. The van der Waals surface area contributed by atoms with Crippen LogP contribution in [0.4, 0.5) is 0 Å². The van der Waals surface area contributed by atoms with Gasteiger partial charge in [-0.05, 0) is 24.0 Å². The number of nitrogens with zero attached hydrogens (tertiary/aromatic N) is 2.